The molecule has 1 aliphatic heterocycles. The fraction of sp³-hybridized carbons (Fsp3) is 0.318. The van der Waals surface area contributed by atoms with Gasteiger partial charge in [-0.2, -0.15) is 18.2 Å². The van der Waals surface area contributed by atoms with Crippen LogP contribution in [0, 0.1) is 12.7 Å². The Kier molecular flexibility index (Phi) is 5.29. The third-order valence-electron chi connectivity index (χ3n) is 5.76. The van der Waals surface area contributed by atoms with Crippen LogP contribution in [0.25, 0.3) is 23.0 Å². The van der Waals surface area contributed by atoms with Gasteiger partial charge in [-0.15, -0.1) is 10.2 Å². The van der Waals surface area contributed by atoms with Gasteiger partial charge in [0.05, 0.1) is 18.7 Å². The summed E-state index contributed by atoms with van der Waals surface area (Å²) in [5, 5.41) is 8.36. The Morgan fingerprint density at radius 3 is 2.53 bits per heavy atom. The molecular formula is C22H20F4N8. The molecule has 1 unspecified atom stereocenters. The van der Waals surface area contributed by atoms with Crippen LogP contribution in [0.15, 0.2) is 42.9 Å². The van der Waals surface area contributed by atoms with E-state index in [0.29, 0.717) is 41.0 Å². The third kappa shape index (κ3) is 3.78. The first-order valence-electron chi connectivity index (χ1n) is 10.7. The van der Waals surface area contributed by atoms with Crippen LogP contribution in [-0.2, 0) is 0 Å². The van der Waals surface area contributed by atoms with E-state index in [9.17, 15) is 17.6 Å². The van der Waals surface area contributed by atoms with Gasteiger partial charge in [0.1, 0.15) is 23.2 Å². The van der Waals surface area contributed by atoms with Crippen molar-refractivity contribution in [2.45, 2.75) is 38.9 Å². The summed E-state index contributed by atoms with van der Waals surface area (Å²) in [6.45, 7) is 3.37. The molecule has 0 bridgehead atoms. The van der Waals surface area contributed by atoms with Crippen molar-refractivity contribution in [1.29, 1.82) is 0 Å². The molecule has 1 atom stereocenters. The van der Waals surface area contributed by atoms with Gasteiger partial charge in [-0.3, -0.25) is 9.13 Å². The Hall–Kier alpha value is -3.83. The summed E-state index contributed by atoms with van der Waals surface area (Å²) in [5.74, 6) is 1.84. The van der Waals surface area contributed by atoms with E-state index in [2.05, 4.69) is 25.1 Å². The van der Waals surface area contributed by atoms with Crippen molar-refractivity contribution in [2.75, 3.05) is 11.4 Å². The Bertz CT molecular complexity index is 1330. The van der Waals surface area contributed by atoms with E-state index in [0.717, 1.165) is 0 Å². The molecule has 0 spiro atoms. The molecule has 1 aliphatic rings. The highest BCUT2D eigenvalue weighted by molar-refractivity contribution is 5.63. The van der Waals surface area contributed by atoms with Gasteiger partial charge in [0.15, 0.2) is 11.6 Å². The van der Waals surface area contributed by atoms with Crippen molar-refractivity contribution in [3.8, 4) is 23.0 Å². The number of hydrogen-bond donors (Lipinski definition) is 0. The number of nitrogens with zero attached hydrogens (tertiary/aromatic N) is 8. The smallest absolute Gasteiger partial charge is 0.344 e. The second kappa shape index (κ2) is 8.19. The summed E-state index contributed by atoms with van der Waals surface area (Å²) < 4.78 is 56.3. The summed E-state index contributed by atoms with van der Waals surface area (Å²) in [5.41, 5.74) is 1.15. The molecule has 0 radical (unpaired) electrons. The SMILES string of the molecule is CCC1c2nnc(C)n2-c2cnc(-n3ccnc3-c3ccc(F)cc3)nc2N1CCC(F)(F)F. The van der Waals surface area contributed by atoms with E-state index in [-0.39, 0.29) is 18.3 Å². The molecular weight excluding hydrogens is 452 g/mol. The topological polar surface area (TPSA) is 77.5 Å². The minimum atomic E-state index is -4.32. The fourth-order valence-electron chi connectivity index (χ4n) is 4.21. The molecule has 0 saturated heterocycles. The molecule has 0 saturated carbocycles. The van der Waals surface area contributed by atoms with Gasteiger partial charge in [-0.25, -0.2) is 14.4 Å². The minimum Gasteiger partial charge on any atom is -0.344 e. The lowest BCUT2D eigenvalue weighted by atomic mass is 10.1. The second-order valence-electron chi connectivity index (χ2n) is 7.93. The lowest BCUT2D eigenvalue weighted by molar-refractivity contribution is -0.132. The van der Waals surface area contributed by atoms with Crippen LogP contribution < -0.4 is 4.90 Å². The molecule has 34 heavy (non-hydrogen) atoms. The van der Waals surface area contributed by atoms with E-state index in [1.807, 2.05) is 6.92 Å². The van der Waals surface area contributed by atoms with Gasteiger partial charge in [-0.1, -0.05) is 6.92 Å². The largest absolute Gasteiger partial charge is 0.390 e. The van der Waals surface area contributed by atoms with Gasteiger partial charge in [-0.05, 0) is 37.6 Å². The first kappa shape index (κ1) is 22.0. The highest BCUT2D eigenvalue weighted by atomic mass is 19.4. The van der Waals surface area contributed by atoms with Crippen molar-refractivity contribution in [3.05, 3.63) is 60.3 Å². The van der Waals surface area contributed by atoms with Gasteiger partial charge in [0.2, 0.25) is 5.95 Å². The van der Waals surface area contributed by atoms with Crippen molar-refractivity contribution >= 4 is 5.82 Å². The van der Waals surface area contributed by atoms with Crippen LogP contribution in [0.5, 0.6) is 0 Å². The monoisotopic (exact) mass is 472 g/mol. The maximum atomic E-state index is 13.4. The predicted octanol–water partition coefficient (Wildman–Crippen LogP) is 4.58. The van der Waals surface area contributed by atoms with E-state index in [1.54, 1.807) is 51.7 Å². The molecule has 176 valence electrons. The molecule has 0 fully saturated rings. The number of rotatable bonds is 5. The molecule has 0 amide bonds. The Labute approximate surface area is 191 Å². The number of fused-ring (bicyclic) bond motifs is 3. The zero-order valence-corrected chi connectivity index (χ0v) is 18.3. The van der Waals surface area contributed by atoms with Crippen molar-refractivity contribution in [1.82, 2.24) is 34.3 Å². The number of imidazole rings is 1. The second-order valence-corrected chi connectivity index (χ2v) is 7.93. The average Bonchev–Trinajstić information content (AvgIpc) is 3.44. The van der Waals surface area contributed by atoms with Gasteiger partial charge in [0, 0.05) is 24.5 Å². The molecule has 0 N–H and O–H groups in total. The highest BCUT2D eigenvalue weighted by Gasteiger charge is 2.37. The lowest BCUT2D eigenvalue weighted by Gasteiger charge is -2.37. The van der Waals surface area contributed by atoms with Crippen LogP contribution >= 0.6 is 0 Å². The maximum Gasteiger partial charge on any atom is 0.390 e. The van der Waals surface area contributed by atoms with Crippen LogP contribution in [0.2, 0.25) is 0 Å². The van der Waals surface area contributed by atoms with Crippen molar-refractivity contribution in [3.63, 3.8) is 0 Å². The Balaban J connectivity index is 1.64. The number of aryl methyl sites for hydroxylation is 1. The zero-order valence-electron chi connectivity index (χ0n) is 18.3. The predicted molar refractivity (Wildman–Crippen MR) is 115 cm³/mol. The average molecular weight is 472 g/mol. The van der Waals surface area contributed by atoms with E-state index >= 15 is 0 Å². The van der Waals surface area contributed by atoms with Gasteiger partial charge < -0.3 is 4.90 Å². The Morgan fingerprint density at radius 1 is 1.06 bits per heavy atom. The third-order valence-corrected chi connectivity index (χ3v) is 5.76. The molecule has 4 heterocycles. The Morgan fingerprint density at radius 2 is 1.82 bits per heavy atom. The number of alkyl halides is 3. The zero-order chi connectivity index (χ0) is 24.0. The summed E-state index contributed by atoms with van der Waals surface area (Å²) in [6.07, 6.45) is -0.0499. The lowest BCUT2D eigenvalue weighted by Crippen LogP contribution is -2.38. The first-order valence-corrected chi connectivity index (χ1v) is 10.7. The maximum absolute atomic E-state index is 13.4. The number of aromatic nitrogens is 7. The summed E-state index contributed by atoms with van der Waals surface area (Å²) >= 11 is 0. The fourth-order valence-corrected chi connectivity index (χ4v) is 4.21. The summed E-state index contributed by atoms with van der Waals surface area (Å²) in [6, 6.07) is 5.38. The quantitative estimate of drug-likeness (QED) is 0.396. The van der Waals surface area contributed by atoms with E-state index < -0.39 is 18.6 Å². The molecule has 5 rings (SSSR count). The standard InChI is InChI=1S/C22H20F4N8/c1-3-16-20-31-30-13(2)34(20)17-12-28-21(29-19(17)32(16)10-8-22(24,25)26)33-11-9-27-18(33)14-4-6-15(23)7-5-14/h4-7,9,11-12,16H,3,8,10H2,1-2H3. The molecule has 1 aromatic carbocycles. The van der Waals surface area contributed by atoms with Crippen LogP contribution in [0.3, 0.4) is 0 Å². The van der Waals surface area contributed by atoms with Crippen LogP contribution in [0.1, 0.15) is 37.5 Å². The number of hydrogen-bond acceptors (Lipinski definition) is 6. The highest BCUT2D eigenvalue weighted by Crippen LogP contribution is 2.40. The summed E-state index contributed by atoms with van der Waals surface area (Å²) in [4.78, 5) is 15.1. The minimum absolute atomic E-state index is 0.233. The molecule has 12 heteroatoms. The summed E-state index contributed by atoms with van der Waals surface area (Å²) in [7, 11) is 0. The first-order chi connectivity index (χ1) is 16.3. The van der Waals surface area contributed by atoms with Crippen LogP contribution in [0.4, 0.5) is 23.4 Å². The molecule has 4 aromatic rings. The normalized spacial score (nSPS) is 15.4. The van der Waals surface area contributed by atoms with E-state index in [4.69, 9.17) is 0 Å². The number of benzene rings is 1. The van der Waals surface area contributed by atoms with Gasteiger partial charge >= 0.3 is 6.18 Å². The van der Waals surface area contributed by atoms with Gasteiger partial charge in [0.25, 0.3) is 0 Å². The van der Waals surface area contributed by atoms with Crippen molar-refractivity contribution < 1.29 is 17.6 Å². The molecule has 3 aromatic heterocycles. The van der Waals surface area contributed by atoms with E-state index in [1.165, 1.54) is 12.1 Å². The molecule has 0 aliphatic carbocycles. The number of anilines is 1. The van der Waals surface area contributed by atoms with Crippen molar-refractivity contribution in [2.24, 2.45) is 0 Å². The molecule has 8 nitrogen and oxygen atoms in total. The van der Waals surface area contributed by atoms with Crippen LogP contribution in [-0.4, -0.2) is 47.0 Å². The number of halogens is 4.